The van der Waals surface area contributed by atoms with E-state index in [1.807, 2.05) is 50.2 Å². The zero-order valence-corrected chi connectivity index (χ0v) is 13.1. The van der Waals surface area contributed by atoms with Crippen LogP contribution >= 0.6 is 35.0 Å². The van der Waals surface area contributed by atoms with Gasteiger partial charge in [-0.05, 0) is 18.2 Å². The number of halogens is 2. The minimum Gasteiger partial charge on any atom is -0.142 e. The van der Waals surface area contributed by atoms with Crippen LogP contribution in [-0.4, -0.2) is 16.1 Å². The molecule has 0 aliphatic heterocycles. The largest absolute Gasteiger partial charge is 0.155 e. The Balaban J connectivity index is 2.31. The molecule has 0 unspecified atom stereocenters. The molecule has 19 heavy (non-hydrogen) atoms. The van der Waals surface area contributed by atoms with Crippen molar-refractivity contribution in [2.75, 3.05) is 5.88 Å². The fraction of sp³-hybridized carbons (Fsp3) is 0.286. The number of aromatic nitrogens is 2. The summed E-state index contributed by atoms with van der Waals surface area (Å²) in [4.78, 5) is 1.12. The van der Waals surface area contributed by atoms with E-state index in [-0.39, 0.29) is 5.41 Å². The third-order valence-corrected chi connectivity index (χ3v) is 4.62. The molecule has 0 saturated carbocycles. The number of hydrogen-bond acceptors (Lipinski definition) is 3. The van der Waals surface area contributed by atoms with Crippen molar-refractivity contribution < 1.29 is 0 Å². The Morgan fingerprint density at radius 3 is 2.47 bits per heavy atom. The van der Waals surface area contributed by atoms with Gasteiger partial charge in [-0.1, -0.05) is 55.4 Å². The highest BCUT2D eigenvalue weighted by atomic mass is 35.5. The maximum Gasteiger partial charge on any atom is 0.155 e. The Labute approximate surface area is 127 Å². The Hall–Kier alpha value is -0.770. The molecule has 0 radical (unpaired) electrons. The van der Waals surface area contributed by atoms with Crippen LogP contribution < -0.4 is 0 Å². The molecule has 0 atom stereocenters. The molecule has 1 heterocycles. The summed E-state index contributed by atoms with van der Waals surface area (Å²) in [6.45, 7) is 4.08. The lowest BCUT2D eigenvalue weighted by atomic mass is 9.88. The fourth-order valence-electron chi connectivity index (χ4n) is 1.56. The highest BCUT2D eigenvalue weighted by Gasteiger charge is 2.24. The molecule has 0 fully saturated rings. The molecule has 2 aromatic rings. The summed E-state index contributed by atoms with van der Waals surface area (Å²) in [7, 11) is 0. The van der Waals surface area contributed by atoms with Gasteiger partial charge in [-0.2, -0.15) is 0 Å². The Kier molecular flexibility index (Phi) is 4.71. The van der Waals surface area contributed by atoms with Gasteiger partial charge in [0.05, 0.1) is 0 Å². The highest BCUT2D eigenvalue weighted by molar-refractivity contribution is 7.99. The third-order valence-electron chi connectivity index (χ3n) is 2.76. The van der Waals surface area contributed by atoms with Gasteiger partial charge in [0.25, 0.3) is 0 Å². The van der Waals surface area contributed by atoms with Crippen molar-refractivity contribution in [1.29, 1.82) is 0 Å². The molecule has 2 rings (SSSR count). The molecule has 0 bridgehead atoms. The molecule has 100 valence electrons. The highest BCUT2D eigenvalue weighted by Crippen LogP contribution is 2.33. The average molecular weight is 313 g/mol. The van der Waals surface area contributed by atoms with E-state index in [0.717, 1.165) is 15.5 Å². The zero-order valence-electron chi connectivity index (χ0n) is 10.7. The van der Waals surface area contributed by atoms with E-state index in [2.05, 4.69) is 10.2 Å². The maximum atomic E-state index is 6.12. The van der Waals surface area contributed by atoms with Crippen LogP contribution in [0.3, 0.4) is 0 Å². The minimum atomic E-state index is -0.222. The topological polar surface area (TPSA) is 25.8 Å². The first-order valence-corrected chi connectivity index (χ1v) is 7.58. The van der Waals surface area contributed by atoms with Crippen molar-refractivity contribution in [1.82, 2.24) is 10.2 Å². The summed E-state index contributed by atoms with van der Waals surface area (Å²) >= 11 is 13.7. The first-order valence-electron chi connectivity index (χ1n) is 5.85. The summed E-state index contributed by atoms with van der Waals surface area (Å²) in [6, 6.07) is 12.0. The van der Waals surface area contributed by atoms with Crippen LogP contribution in [0, 0.1) is 0 Å². The Morgan fingerprint density at radius 1 is 1.16 bits per heavy atom. The maximum absolute atomic E-state index is 6.12. The van der Waals surface area contributed by atoms with Crippen LogP contribution in [0.2, 0.25) is 5.15 Å². The number of hydrogen-bond donors (Lipinski definition) is 0. The normalized spacial score (nSPS) is 11.6. The monoisotopic (exact) mass is 312 g/mol. The van der Waals surface area contributed by atoms with Gasteiger partial charge in [0, 0.05) is 21.8 Å². The predicted octanol–water partition coefficient (Wildman–Crippen LogP) is 4.80. The molecule has 0 spiro atoms. The van der Waals surface area contributed by atoms with Crippen LogP contribution in [0.25, 0.3) is 0 Å². The minimum absolute atomic E-state index is 0.222. The van der Waals surface area contributed by atoms with Crippen molar-refractivity contribution in [2.24, 2.45) is 0 Å². The molecule has 0 N–H and O–H groups in total. The van der Waals surface area contributed by atoms with Crippen LogP contribution in [0.15, 0.2) is 46.3 Å². The second-order valence-electron chi connectivity index (χ2n) is 4.82. The number of rotatable bonds is 4. The lowest BCUT2D eigenvalue weighted by Crippen LogP contribution is -2.20. The quantitative estimate of drug-likeness (QED) is 0.758. The van der Waals surface area contributed by atoms with Crippen molar-refractivity contribution in [3.05, 3.63) is 47.1 Å². The SMILES string of the molecule is CC(C)(CCl)c1cc(Sc2ccccc2)nnc1Cl. The summed E-state index contributed by atoms with van der Waals surface area (Å²) < 4.78 is 0. The molecule has 5 heteroatoms. The lowest BCUT2D eigenvalue weighted by Gasteiger charge is -2.22. The number of alkyl halides is 1. The van der Waals surface area contributed by atoms with Gasteiger partial charge in [-0.25, -0.2) is 0 Å². The van der Waals surface area contributed by atoms with E-state index < -0.39 is 0 Å². The van der Waals surface area contributed by atoms with E-state index >= 15 is 0 Å². The Morgan fingerprint density at radius 2 is 1.84 bits per heavy atom. The molecular formula is C14H14Cl2N2S. The molecule has 1 aromatic heterocycles. The van der Waals surface area contributed by atoms with Gasteiger partial charge >= 0.3 is 0 Å². The fourth-order valence-corrected chi connectivity index (χ4v) is 2.85. The van der Waals surface area contributed by atoms with Crippen molar-refractivity contribution in [3.8, 4) is 0 Å². The van der Waals surface area contributed by atoms with Gasteiger partial charge in [0.15, 0.2) is 5.15 Å². The van der Waals surface area contributed by atoms with Crippen molar-refractivity contribution in [3.63, 3.8) is 0 Å². The number of nitrogens with zero attached hydrogens (tertiary/aromatic N) is 2. The summed E-state index contributed by atoms with van der Waals surface area (Å²) in [5, 5.41) is 9.39. The van der Waals surface area contributed by atoms with Crippen molar-refractivity contribution in [2.45, 2.75) is 29.2 Å². The number of benzene rings is 1. The van der Waals surface area contributed by atoms with E-state index in [4.69, 9.17) is 23.2 Å². The second kappa shape index (κ2) is 6.12. The van der Waals surface area contributed by atoms with Crippen LogP contribution in [-0.2, 0) is 5.41 Å². The van der Waals surface area contributed by atoms with Gasteiger partial charge in [0.1, 0.15) is 5.03 Å². The zero-order chi connectivity index (χ0) is 13.9. The first-order chi connectivity index (χ1) is 9.03. The smallest absolute Gasteiger partial charge is 0.142 e. The van der Waals surface area contributed by atoms with Gasteiger partial charge in [0.2, 0.25) is 0 Å². The average Bonchev–Trinajstić information content (AvgIpc) is 2.42. The lowest BCUT2D eigenvalue weighted by molar-refractivity contribution is 0.588. The van der Waals surface area contributed by atoms with E-state index in [1.165, 1.54) is 0 Å². The molecule has 0 saturated heterocycles. The summed E-state index contributed by atoms with van der Waals surface area (Å²) in [5.41, 5.74) is 0.707. The summed E-state index contributed by atoms with van der Waals surface area (Å²) in [5.74, 6) is 0.480. The van der Waals surface area contributed by atoms with Crippen LogP contribution in [0.1, 0.15) is 19.4 Å². The van der Waals surface area contributed by atoms with E-state index in [1.54, 1.807) is 11.8 Å². The molecule has 0 aliphatic rings. The molecular weight excluding hydrogens is 299 g/mol. The molecule has 0 amide bonds. The third kappa shape index (κ3) is 3.62. The van der Waals surface area contributed by atoms with Gasteiger partial charge < -0.3 is 0 Å². The van der Waals surface area contributed by atoms with Crippen LogP contribution in [0.5, 0.6) is 0 Å². The van der Waals surface area contributed by atoms with E-state index in [9.17, 15) is 0 Å². The van der Waals surface area contributed by atoms with Gasteiger partial charge in [-0.3, -0.25) is 0 Å². The summed E-state index contributed by atoms with van der Waals surface area (Å²) in [6.07, 6.45) is 0. The molecule has 0 aliphatic carbocycles. The van der Waals surface area contributed by atoms with E-state index in [0.29, 0.717) is 11.0 Å². The van der Waals surface area contributed by atoms with Crippen LogP contribution in [0.4, 0.5) is 0 Å². The standard InChI is InChI=1S/C14H14Cl2N2S/c1-14(2,9-15)11-8-12(17-18-13(11)16)19-10-6-4-3-5-7-10/h3-8H,9H2,1-2H3. The van der Waals surface area contributed by atoms with Gasteiger partial charge in [-0.15, -0.1) is 21.8 Å². The second-order valence-corrected chi connectivity index (χ2v) is 6.54. The van der Waals surface area contributed by atoms with Crippen molar-refractivity contribution >= 4 is 35.0 Å². The Bertz CT molecular complexity index is 559. The predicted molar refractivity (Wildman–Crippen MR) is 81.4 cm³/mol. The first kappa shape index (κ1) is 14.6. The molecule has 2 nitrogen and oxygen atoms in total. The molecule has 1 aromatic carbocycles.